The average molecular weight is 370 g/mol. The molecule has 3 fully saturated rings. The predicted molar refractivity (Wildman–Crippen MR) is 107 cm³/mol. The zero-order valence-electron chi connectivity index (χ0n) is 16.0. The van der Waals surface area contributed by atoms with Gasteiger partial charge in [-0.05, 0) is 68.7 Å². The van der Waals surface area contributed by atoms with Gasteiger partial charge in [0.15, 0.2) is 0 Å². The molecule has 3 aliphatic rings. The standard InChI is InChI=1S/C22H31N3O2/c26-21(14-15-12-19-10-11-20(13-15)23-19)24-18-8-6-16(7-9-18)22(27)25-17-4-2-1-3-5-17/h6-9,15,17,19-20,23H,1-5,10-14H2,(H,24,26)(H,25,27). The lowest BCUT2D eigenvalue weighted by Crippen LogP contribution is -2.39. The molecule has 0 spiro atoms. The summed E-state index contributed by atoms with van der Waals surface area (Å²) in [5.41, 5.74) is 1.43. The van der Waals surface area contributed by atoms with E-state index in [2.05, 4.69) is 16.0 Å². The van der Waals surface area contributed by atoms with Gasteiger partial charge in [0.2, 0.25) is 5.91 Å². The predicted octanol–water partition coefficient (Wildman–Crippen LogP) is 3.61. The number of fused-ring (bicyclic) bond motifs is 2. The van der Waals surface area contributed by atoms with Crippen LogP contribution in [0.1, 0.15) is 74.6 Å². The number of anilines is 1. The third kappa shape index (κ3) is 4.89. The normalized spacial score (nSPS) is 27.9. The molecule has 4 rings (SSSR count). The zero-order valence-corrected chi connectivity index (χ0v) is 16.0. The molecule has 5 heteroatoms. The number of carbonyl (C=O) groups excluding carboxylic acids is 2. The lowest BCUT2D eigenvalue weighted by molar-refractivity contribution is -0.117. The minimum atomic E-state index is -0.00930. The van der Waals surface area contributed by atoms with E-state index in [0.29, 0.717) is 36.0 Å². The number of hydrogen-bond acceptors (Lipinski definition) is 3. The third-order valence-electron chi connectivity index (χ3n) is 6.42. The van der Waals surface area contributed by atoms with Crippen LogP contribution in [-0.2, 0) is 4.79 Å². The summed E-state index contributed by atoms with van der Waals surface area (Å²) in [5, 5.41) is 9.75. The van der Waals surface area contributed by atoms with Crippen molar-refractivity contribution < 1.29 is 9.59 Å². The van der Waals surface area contributed by atoms with Crippen LogP contribution in [0.3, 0.4) is 0 Å². The fraction of sp³-hybridized carbons (Fsp3) is 0.636. The van der Waals surface area contributed by atoms with E-state index in [1.54, 1.807) is 12.1 Å². The Morgan fingerprint density at radius 2 is 1.59 bits per heavy atom. The molecule has 1 aromatic rings. The topological polar surface area (TPSA) is 70.2 Å². The fourth-order valence-corrected chi connectivity index (χ4v) is 5.04. The van der Waals surface area contributed by atoms with Crippen molar-refractivity contribution in [2.24, 2.45) is 5.92 Å². The number of piperidine rings is 1. The first-order chi connectivity index (χ1) is 13.2. The Balaban J connectivity index is 1.25. The van der Waals surface area contributed by atoms with Gasteiger partial charge >= 0.3 is 0 Å². The van der Waals surface area contributed by atoms with E-state index in [1.165, 1.54) is 32.1 Å². The van der Waals surface area contributed by atoms with Crippen LogP contribution in [0.25, 0.3) is 0 Å². The van der Waals surface area contributed by atoms with E-state index in [9.17, 15) is 9.59 Å². The number of hydrogen-bond donors (Lipinski definition) is 3. The molecule has 2 heterocycles. The second kappa shape index (κ2) is 8.42. The number of rotatable bonds is 5. The first kappa shape index (κ1) is 18.5. The Kier molecular flexibility index (Phi) is 5.77. The summed E-state index contributed by atoms with van der Waals surface area (Å²) in [7, 11) is 0. The number of amides is 2. The SMILES string of the molecule is O=C(CC1CC2CCC(C1)N2)Nc1ccc(C(=O)NC2CCCCC2)cc1. The zero-order chi connectivity index (χ0) is 18.6. The van der Waals surface area contributed by atoms with Crippen LogP contribution in [-0.4, -0.2) is 29.9 Å². The van der Waals surface area contributed by atoms with Gasteiger partial charge in [-0.15, -0.1) is 0 Å². The van der Waals surface area contributed by atoms with E-state index in [0.717, 1.165) is 31.4 Å². The van der Waals surface area contributed by atoms with Crippen molar-refractivity contribution in [3.63, 3.8) is 0 Å². The molecule has 3 N–H and O–H groups in total. The van der Waals surface area contributed by atoms with Gasteiger partial charge in [-0.25, -0.2) is 0 Å². The van der Waals surface area contributed by atoms with Crippen molar-refractivity contribution in [2.75, 3.05) is 5.32 Å². The van der Waals surface area contributed by atoms with Crippen LogP contribution in [0.15, 0.2) is 24.3 Å². The molecule has 146 valence electrons. The van der Waals surface area contributed by atoms with E-state index in [1.807, 2.05) is 12.1 Å². The summed E-state index contributed by atoms with van der Waals surface area (Å²) in [4.78, 5) is 24.8. The fourth-order valence-electron chi connectivity index (χ4n) is 5.04. The highest BCUT2D eigenvalue weighted by molar-refractivity contribution is 5.96. The van der Waals surface area contributed by atoms with Crippen LogP contribution in [0.5, 0.6) is 0 Å². The summed E-state index contributed by atoms with van der Waals surface area (Å²) in [6, 6.07) is 8.81. The Morgan fingerprint density at radius 3 is 2.26 bits per heavy atom. The Hall–Kier alpha value is -1.88. The number of nitrogens with one attached hydrogen (secondary N) is 3. The maximum Gasteiger partial charge on any atom is 0.251 e. The number of carbonyl (C=O) groups is 2. The second-order valence-electron chi connectivity index (χ2n) is 8.61. The molecule has 2 aliphatic heterocycles. The van der Waals surface area contributed by atoms with Gasteiger partial charge in [0.25, 0.3) is 5.91 Å². The van der Waals surface area contributed by atoms with Crippen molar-refractivity contribution in [1.29, 1.82) is 0 Å². The molecule has 2 saturated heterocycles. The first-order valence-electron chi connectivity index (χ1n) is 10.6. The molecule has 0 radical (unpaired) electrons. The Labute approximate surface area is 161 Å². The largest absolute Gasteiger partial charge is 0.349 e. The van der Waals surface area contributed by atoms with Crippen molar-refractivity contribution in [1.82, 2.24) is 10.6 Å². The van der Waals surface area contributed by atoms with Crippen molar-refractivity contribution in [3.05, 3.63) is 29.8 Å². The van der Waals surface area contributed by atoms with Crippen LogP contribution in [0.4, 0.5) is 5.69 Å². The smallest absolute Gasteiger partial charge is 0.251 e. The molecule has 2 amide bonds. The van der Waals surface area contributed by atoms with E-state index >= 15 is 0 Å². The van der Waals surface area contributed by atoms with Crippen molar-refractivity contribution in [2.45, 2.75) is 82.3 Å². The van der Waals surface area contributed by atoms with Crippen LogP contribution >= 0.6 is 0 Å². The van der Waals surface area contributed by atoms with Gasteiger partial charge in [0.1, 0.15) is 0 Å². The summed E-state index contributed by atoms with van der Waals surface area (Å²) in [6.07, 6.45) is 11.2. The monoisotopic (exact) mass is 369 g/mol. The average Bonchev–Trinajstić information content (AvgIpc) is 3.01. The molecule has 2 bridgehead atoms. The van der Waals surface area contributed by atoms with Crippen LogP contribution in [0.2, 0.25) is 0 Å². The van der Waals surface area contributed by atoms with Gasteiger partial charge < -0.3 is 16.0 Å². The van der Waals surface area contributed by atoms with Crippen LogP contribution < -0.4 is 16.0 Å². The Bertz CT molecular complexity index is 655. The second-order valence-corrected chi connectivity index (χ2v) is 8.61. The van der Waals surface area contributed by atoms with Crippen molar-refractivity contribution in [3.8, 4) is 0 Å². The van der Waals surface area contributed by atoms with Gasteiger partial charge in [-0.3, -0.25) is 9.59 Å². The summed E-state index contributed by atoms with van der Waals surface area (Å²) in [5.74, 6) is 0.565. The molecule has 1 saturated carbocycles. The molecule has 2 atom stereocenters. The molecule has 5 nitrogen and oxygen atoms in total. The quantitative estimate of drug-likeness (QED) is 0.743. The van der Waals surface area contributed by atoms with Gasteiger partial charge in [-0.2, -0.15) is 0 Å². The molecule has 0 aromatic heterocycles. The van der Waals surface area contributed by atoms with Gasteiger partial charge in [0.05, 0.1) is 0 Å². The molecular weight excluding hydrogens is 338 g/mol. The van der Waals surface area contributed by atoms with Gasteiger partial charge in [-0.1, -0.05) is 19.3 Å². The molecule has 1 aliphatic carbocycles. The lowest BCUT2D eigenvalue weighted by atomic mass is 9.89. The number of benzene rings is 1. The van der Waals surface area contributed by atoms with E-state index < -0.39 is 0 Å². The highest BCUT2D eigenvalue weighted by atomic mass is 16.2. The van der Waals surface area contributed by atoms with Gasteiger partial charge in [0, 0.05) is 35.8 Å². The maximum atomic E-state index is 12.4. The molecule has 2 unspecified atom stereocenters. The minimum Gasteiger partial charge on any atom is -0.349 e. The van der Waals surface area contributed by atoms with E-state index in [-0.39, 0.29) is 11.8 Å². The van der Waals surface area contributed by atoms with E-state index in [4.69, 9.17) is 0 Å². The highest BCUT2D eigenvalue weighted by Crippen LogP contribution is 2.32. The summed E-state index contributed by atoms with van der Waals surface area (Å²) in [6.45, 7) is 0. The first-order valence-corrected chi connectivity index (χ1v) is 10.6. The summed E-state index contributed by atoms with van der Waals surface area (Å²) < 4.78 is 0. The third-order valence-corrected chi connectivity index (χ3v) is 6.42. The summed E-state index contributed by atoms with van der Waals surface area (Å²) >= 11 is 0. The lowest BCUT2D eigenvalue weighted by Gasteiger charge is -2.28. The highest BCUT2D eigenvalue weighted by Gasteiger charge is 2.34. The minimum absolute atomic E-state index is 0.00930. The van der Waals surface area contributed by atoms with Crippen molar-refractivity contribution >= 4 is 17.5 Å². The maximum absolute atomic E-state index is 12.4. The molecular formula is C22H31N3O2. The van der Waals surface area contributed by atoms with Crippen LogP contribution in [0, 0.1) is 5.92 Å². The molecule has 1 aromatic carbocycles. The molecule has 27 heavy (non-hydrogen) atoms. The Morgan fingerprint density at radius 1 is 0.926 bits per heavy atom.